The van der Waals surface area contributed by atoms with E-state index in [0.717, 1.165) is 93.1 Å². The molecule has 7 nitrogen and oxygen atoms in total. The molecule has 20 aromatic rings. The fourth-order valence-electron chi connectivity index (χ4n) is 19.7. The highest BCUT2D eigenvalue weighted by atomic mass is 15.0. The summed E-state index contributed by atoms with van der Waals surface area (Å²) in [4.78, 5) is 36.3. The first kappa shape index (κ1) is 65.8. The zero-order chi connectivity index (χ0) is 75.7. The first-order chi connectivity index (χ1) is 56.0. The van der Waals surface area contributed by atoms with Gasteiger partial charge in [-0.2, -0.15) is 0 Å². The minimum atomic E-state index is -0.0664. The molecule has 114 heavy (non-hydrogen) atoms. The lowest BCUT2D eigenvalue weighted by Crippen LogP contribution is -2.14. The second kappa shape index (κ2) is 25.3. The summed E-state index contributed by atoms with van der Waals surface area (Å²) < 4.78 is 0. The molecule has 16 aromatic carbocycles. The average Bonchev–Trinajstić information content (AvgIpc) is 1.19. The summed E-state index contributed by atoms with van der Waals surface area (Å²) >= 11 is 0. The Hall–Kier alpha value is -14.0. The minimum Gasteiger partial charge on any atom is -0.255 e. The molecule has 0 N–H and O–H groups in total. The summed E-state index contributed by atoms with van der Waals surface area (Å²) in [6, 6.07) is 111. The second-order valence-electron chi connectivity index (χ2n) is 32.4. The molecule has 7 heteroatoms. The zero-order valence-electron chi connectivity index (χ0n) is 63.6. The van der Waals surface area contributed by atoms with Gasteiger partial charge in [0.25, 0.3) is 0 Å². The summed E-state index contributed by atoms with van der Waals surface area (Å²) in [5, 5.41) is 15.1. The highest BCUT2D eigenvalue weighted by Gasteiger charge is 2.37. The van der Waals surface area contributed by atoms with Gasteiger partial charge in [-0.15, -0.1) is 0 Å². The number of pyridine rings is 1. The third kappa shape index (κ3) is 10.2. The van der Waals surface area contributed by atoms with Gasteiger partial charge >= 0.3 is 0 Å². The highest BCUT2D eigenvalue weighted by Crippen LogP contribution is 2.53. The molecule has 0 saturated heterocycles. The smallest absolute Gasteiger partial charge is 0.198 e. The minimum absolute atomic E-state index is 0.0584. The Bertz CT molecular complexity index is 6940. The van der Waals surface area contributed by atoms with Gasteiger partial charge in [-0.05, 0) is 210 Å². The number of hydrogen-bond acceptors (Lipinski definition) is 7. The summed E-state index contributed by atoms with van der Waals surface area (Å²) in [6.07, 6.45) is 9.49. The van der Waals surface area contributed by atoms with Gasteiger partial charge in [0.05, 0.1) is 28.5 Å². The van der Waals surface area contributed by atoms with Gasteiger partial charge in [-0.1, -0.05) is 295 Å². The molecular formula is C107H73N7. The Morgan fingerprint density at radius 1 is 0.228 bits per heavy atom. The Balaban J connectivity index is 0.000000135. The first-order valence-electron chi connectivity index (χ1n) is 39.8. The average molecular weight is 1460 g/mol. The summed E-state index contributed by atoms with van der Waals surface area (Å²) in [5.41, 5.74) is 34.1. The quantitative estimate of drug-likeness (QED) is 0.140. The molecule has 0 bridgehead atoms. The van der Waals surface area contributed by atoms with Crippen LogP contribution in [0.15, 0.2) is 322 Å². The van der Waals surface area contributed by atoms with E-state index in [-0.39, 0.29) is 10.8 Å². The standard InChI is InChI=1S/C54H37N3.C53H36N4/c1-54(2)46-16-6-5-15-41(46)42-24-22-37(30-47(42)54)36-12-8-13-38(29-36)51-45-27-19-32-9-3-4-14-40(32)52(45)57-53(56-51)39-23-28-48(55-31-39)43-25-20-35-18-17-33-10-7-11-34-21-26-44(43)50(35)49(33)34;1-53(2)45-16-6-5-15-41(45)42-24-22-36(28-46(42)53)35-12-8-13-37(27-35)49-44-26-19-31-9-3-4-14-40(31)50(44)57-52(56-49)51-54-29-38(30-55-51)39-23-20-34-18-17-32-10-7-11-33-21-25-43(39)48(34)47(32)33/h3-18,20-26,28-31H,19,27H2,1-2H3;3-18,20-25,27-30H,19,26H2,1-2H3. The van der Waals surface area contributed by atoms with Crippen molar-refractivity contribution in [3.05, 3.63) is 366 Å². The monoisotopic (exact) mass is 1460 g/mol. The lowest BCUT2D eigenvalue weighted by Gasteiger charge is -2.23. The van der Waals surface area contributed by atoms with Gasteiger partial charge in [-0.3, -0.25) is 4.98 Å². The van der Waals surface area contributed by atoms with Crippen LogP contribution in [-0.4, -0.2) is 34.9 Å². The molecule has 24 rings (SSSR count). The van der Waals surface area contributed by atoms with Crippen molar-refractivity contribution < 1.29 is 0 Å². The van der Waals surface area contributed by atoms with E-state index < -0.39 is 0 Å². The van der Waals surface area contributed by atoms with Crippen LogP contribution in [0.3, 0.4) is 0 Å². The molecule has 0 radical (unpaired) electrons. The number of aromatic nitrogens is 7. The van der Waals surface area contributed by atoms with Crippen LogP contribution >= 0.6 is 0 Å². The summed E-state index contributed by atoms with van der Waals surface area (Å²) in [5.74, 6) is 1.74. The van der Waals surface area contributed by atoms with E-state index >= 15 is 0 Å². The van der Waals surface area contributed by atoms with Crippen molar-refractivity contribution >= 4 is 64.6 Å². The highest BCUT2D eigenvalue weighted by molar-refractivity contribution is 6.27. The molecule has 0 amide bonds. The molecule has 0 unspecified atom stereocenters. The molecule has 4 aliphatic rings. The van der Waals surface area contributed by atoms with Crippen molar-refractivity contribution in [2.45, 2.75) is 64.2 Å². The van der Waals surface area contributed by atoms with Gasteiger partial charge in [-0.25, -0.2) is 29.9 Å². The molecule has 4 heterocycles. The van der Waals surface area contributed by atoms with Crippen LogP contribution < -0.4 is 0 Å². The van der Waals surface area contributed by atoms with Crippen LogP contribution in [0.4, 0.5) is 0 Å². The Kier molecular flexibility index (Phi) is 14.6. The van der Waals surface area contributed by atoms with Crippen molar-refractivity contribution in [1.29, 1.82) is 0 Å². The van der Waals surface area contributed by atoms with Gasteiger partial charge in [0.2, 0.25) is 0 Å². The Morgan fingerprint density at radius 2 is 0.605 bits per heavy atom. The normalized spacial score (nSPS) is 13.8. The van der Waals surface area contributed by atoms with Crippen molar-refractivity contribution in [3.63, 3.8) is 0 Å². The van der Waals surface area contributed by atoms with Gasteiger partial charge in [0.15, 0.2) is 17.5 Å². The van der Waals surface area contributed by atoms with Crippen molar-refractivity contribution in [3.8, 4) is 135 Å². The molecule has 536 valence electrons. The molecule has 0 aliphatic heterocycles. The van der Waals surface area contributed by atoms with Gasteiger partial charge < -0.3 is 0 Å². The fourth-order valence-corrected chi connectivity index (χ4v) is 19.7. The van der Waals surface area contributed by atoms with Gasteiger partial charge in [0.1, 0.15) is 0 Å². The lowest BCUT2D eigenvalue weighted by atomic mass is 9.81. The first-order valence-corrected chi connectivity index (χ1v) is 39.8. The van der Waals surface area contributed by atoms with E-state index in [4.69, 9.17) is 34.9 Å². The topological polar surface area (TPSA) is 90.2 Å². The van der Waals surface area contributed by atoms with Crippen molar-refractivity contribution in [1.82, 2.24) is 34.9 Å². The van der Waals surface area contributed by atoms with Crippen molar-refractivity contribution in [2.75, 3.05) is 0 Å². The van der Waals surface area contributed by atoms with E-state index in [9.17, 15) is 0 Å². The Morgan fingerprint density at radius 3 is 1.12 bits per heavy atom. The Labute approximate surface area is 660 Å². The van der Waals surface area contributed by atoms with Crippen LogP contribution in [0, 0.1) is 0 Å². The third-order valence-electron chi connectivity index (χ3n) is 25.5. The van der Waals surface area contributed by atoms with Crippen LogP contribution in [0.5, 0.6) is 0 Å². The van der Waals surface area contributed by atoms with E-state index in [1.165, 1.54) is 159 Å². The van der Waals surface area contributed by atoms with E-state index in [2.05, 4.69) is 331 Å². The van der Waals surface area contributed by atoms with E-state index in [0.29, 0.717) is 17.5 Å². The molecule has 0 atom stereocenters. The SMILES string of the molecule is CC1(C)c2ccccc2-c2ccc(-c3cccc(-c4nc(-c5ccc(-c6ccc7ccc8cccc9ccc6c7c89)nc5)nc5c4CCc4ccccc4-5)c3)cc21.CC1(C)c2ccccc2-c2ccc(-c3cccc(-c4nc(-c5ncc(-c6ccc7ccc8cccc9ccc6c7c89)cn5)nc5c4CCc4ccccc4-5)c3)cc21. The summed E-state index contributed by atoms with van der Waals surface area (Å²) in [6.45, 7) is 9.37. The zero-order valence-corrected chi connectivity index (χ0v) is 63.6. The predicted molar refractivity (Wildman–Crippen MR) is 469 cm³/mol. The molecular weight excluding hydrogens is 1380 g/mol. The maximum atomic E-state index is 5.40. The number of benzene rings is 16. The third-order valence-corrected chi connectivity index (χ3v) is 25.5. The number of nitrogens with zero attached hydrogens (tertiary/aromatic N) is 7. The van der Waals surface area contributed by atoms with Crippen LogP contribution in [0.1, 0.15) is 72.2 Å². The van der Waals surface area contributed by atoms with E-state index in [1.54, 1.807) is 0 Å². The van der Waals surface area contributed by atoms with Crippen LogP contribution in [-0.2, 0) is 36.5 Å². The van der Waals surface area contributed by atoms with Crippen LogP contribution in [0.2, 0.25) is 0 Å². The maximum absolute atomic E-state index is 5.40. The fraction of sp³-hybridized carbons (Fsp3) is 0.0935. The molecule has 0 fully saturated rings. The number of fused-ring (bicyclic) bond motifs is 12. The summed E-state index contributed by atoms with van der Waals surface area (Å²) in [7, 11) is 0. The molecule has 0 saturated carbocycles. The number of aryl methyl sites for hydroxylation is 2. The van der Waals surface area contributed by atoms with Gasteiger partial charge in [0, 0.05) is 79.5 Å². The van der Waals surface area contributed by atoms with Crippen LogP contribution in [0.25, 0.3) is 200 Å². The van der Waals surface area contributed by atoms with Crippen molar-refractivity contribution in [2.24, 2.45) is 0 Å². The van der Waals surface area contributed by atoms with E-state index in [1.807, 2.05) is 18.6 Å². The number of rotatable bonds is 8. The molecule has 4 aliphatic carbocycles. The molecule has 4 aromatic heterocycles. The predicted octanol–water partition coefficient (Wildman–Crippen LogP) is 26.4. The molecule has 0 spiro atoms. The second-order valence-corrected chi connectivity index (χ2v) is 32.4. The lowest BCUT2D eigenvalue weighted by molar-refractivity contribution is 0.660. The largest absolute Gasteiger partial charge is 0.255 e. The maximum Gasteiger partial charge on any atom is 0.198 e. The number of hydrogen-bond donors (Lipinski definition) is 0.